The third kappa shape index (κ3) is 1.75. The molecule has 126 valence electrons. The fraction of sp³-hybridized carbons (Fsp3) is 0.500. The van der Waals surface area contributed by atoms with E-state index in [1.165, 1.54) is 12.5 Å². The van der Waals surface area contributed by atoms with Gasteiger partial charge in [-0.2, -0.15) is 0 Å². The summed E-state index contributed by atoms with van der Waals surface area (Å²) in [4.78, 5) is 13.6. The van der Waals surface area contributed by atoms with Crippen molar-refractivity contribution in [2.24, 2.45) is 0 Å². The quantitative estimate of drug-likeness (QED) is 0.615. The lowest BCUT2D eigenvalue weighted by Gasteiger charge is -2.46. The number of rotatable bonds is 1. The molecule has 1 aliphatic carbocycles. The van der Waals surface area contributed by atoms with Crippen molar-refractivity contribution in [1.29, 1.82) is 0 Å². The second-order valence-corrected chi connectivity index (χ2v) is 7.00. The van der Waals surface area contributed by atoms with Gasteiger partial charge in [0, 0.05) is 32.5 Å². The van der Waals surface area contributed by atoms with E-state index in [4.69, 9.17) is 14.2 Å². The summed E-state index contributed by atoms with van der Waals surface area (Å²) in [6.45, 7) is 3.04. The summed E-state index contributed by atoms with van der Waals surface area (Å²) >= 11 is 0. The second-order valence-electron chi connectivity index (χ2n) is 7.00. The number of benzene rings is 1. The monoisotopic (exact) mass is 329 g/mol. The van der Waals surface area contributed by atoms with E-state index in [-0.39, 0.29) is 24.9 Å². The number of aliphatic hydroxyl groups excluding tert-OH is 1. The van der Waals surface area contributed by atoms with Crippen molar-refractivity contribution in [3.63, 3.8) is 0 Å². The van der Waals surface area contributed by atoms with Crippen LogP contribution in [-0.2, 0) is 21.5 Å². The highest BCUT2D eigenvalue weighted by molar-refractivity contribution is 5.66. The summed E-state index contributed by atoms with van der Waals surface area (Å²) in [6.07, 6.45) is 3.94. The van der Waals surface area contributed by atoms with Crippen molar-refractivity contribution < 1.29 is 24.1 Å². The highest BCUT2D eigenvalue weighted by Crippen LogP contribution is 2.53. The minimum Gasteiger partial charge on any atom is -0.458 e. The molecule has 0 aromatic heterocycles. The Bertz CT molecular complexity index is 760. The van der Waals surface area contributed by atoms with Gasteiger partial charge in [0.25, 0.3) is 0 Å². The minimum absolute atomic E-state index is 0.120. The Morgan fingerprint density at radius 1 is 1.38 bits per heavy atom. The standard InChI is InChI=1S/C18H19NO5/c1-10(20)24-12-2-3-18-13-6-15-14(22-9-23-15)4-11(13)7-19(8-17(18)21)16(18)5-12/h2-4,6,12,16-17,21H,5,7-9H2,1H3/t12-,16?,17?,18-/m0/s1. The van der Waals surface area contributed by atoms with Crippen LogP contribution in [0.1, 0.15) is 24.5 Å². The summed E-state index contributed by atoms with van der Waals surface area (Å²) in [7, 11) is 0. The molecule has 0 radical (unpaired) electrons. The summed E-state index contributed by atoms with van der Waals surface area (Å²) < 4.78 is 16.4. The number of nitrogens with zero attached hydrogens (tertiary/aromatic N) is 1. The lowest BCUT2D eigenvalue weighted by atomic mass is 9.65. The van der Waals surface area contributed by atoms with Gasteiger partial charge in [-0.3, -0.25) is 9.69 Å². The Balaban J connectivity index is 1.63. The first-order valence-corrected chi connectivity index (χ1v) is 8.29. The molecular weight excluding hydrogens is 310 g/mol. The van der Waals surface area contributed by atoms with Gasteiger partial charge < -0.3 is 19.3 Å². The molecule has 6 nitrogen and oxygen atoms in total. The van der Waals surface area contributed by atoms with E-state index in [9.17, 15) is 9.90 Å². The summed E-state index contributed by atoms with van der Waals surface area (Å²) in [6, 6.07) is 4.18. The van der Waals surface area contributed by atoms with Crippen LogP contribution in [0.15, 0.2) is 24.3 Å². The zero-order chi connectivity index (χ0) is 16.5. The molecule has 1 aromatic rings. The van der Waals surface area contributed by atoms with E-state index in [1.807, 2.05) is 24.3 Å². The number of fused-ring (bicyclic) bond motifs is 2. The van der Waals surface area contributed by atoms with Crippen molar-refractivity contribution in [2.45, 2.75) is 43.6 Å². The number of esters is 1. The van der Waals surface area contributed by atoms with Gasteiger partial charge in [-0.05, 0) is 29.3 Å². The fourth-order valence-corrected chi connectivity index (χ4v) is 4.82. The first kappa shape index (κ1) is 14.3. The van der Waals surface area contributed by atoms with Gasteiger partial charge in [-0.1, -0.05) is 6.08 Å². The van der Waals surface area contributed by atoms with Crippen LogP contribution in [0.3, 0.4) is 0 Å². The molecule has 4 aliphatic rings. The van der Waals surface area contributed by atoms with Crippen LogP contribution in [0.5, 0.6) is 11.5 Å². The Morgan fingerprint density at radius 2 is 2.17 bits per heavy atom. The number of carbonyl (C=O) groups is 1. The molecule has 5 rings (SSSR count). The number of carbonyl (C=O) groups excluding carboxylic acids is 1. The Kier molecular flexibility index (Phi) is 2.82. The Hall–Kier alpha value is -2.05. The molecule has 1 saturated heterocycles. The topological polar surface area (TPSA) is 68.2 Å². The summed E-state index contributed by atoms with van der Waals surface area (Å²) in [5, 5.41) is 10.9. The van der Waals surface area contributed by atoms with Crippen molar-refractivity contribution in [3.8, 4) is 11.5 Å². The molecule has 3 heterocycles. The average molecular weight is 329 g/mol. The molecule has 1 aromatic carbocycles. The van der Waals surface area contributed by atoms with E-state index < -0.39 is 11.5 Å². The molecule has 1 N–H and O–H groups in total. The first-order valence-electron chi connectivity index (χ1n) is 8.29. The Labute approximate surface area is 139 Å². The highest BCUT2D eigenvalue weighted by atomic mass is 16.7. The smallest absolute Gasteiger partial charge is 0.303 e. The zero-order valence-electron chi connectivity index (χ0n) is 13.4. The largest absolute Gasteiger partial charge is 0.458 e. The van der Waals surface area contributed by atoms with Crippen LogP contribution in [0.25, 0.3) is 0 Å². The predicted molar refractivity (Wildman–Crippen MR) is 83.8 cm³/mol. The summed E-state index contributed by atoms with van der Waals surface area (Å²) in [5.41, 5.74) is 1.81. The predicted octanol–water partition coefficient (Wildman–Crippen LogP) is 1.10. The van der Waals surface area contributed by atoms with Crippen LogP contribution in [0.2, 0.25) is 0 Å². The molecule has 0 spiro atoms. The molecule has 3 aliphatic heterocycles. The van der Waals surface area contributed by atoms with Gasteiger partial charge in [0.15, 0.2) is 11.5 Å². The van der Waals surface area contributed by atoms with Gasteiger partial charge >= 0.3 is 5.97 Å². The maximum absolute atomic E-state index is 11.3. The van der Waals surface area contributed by atoms with Crippen molar-refractivity contribution in [3.05, 3.63) is 35.4 Å². The summed E-state index contributed by atoms with van der Waals surface area (Å²) in [5.74, 6) is 1.24. The second kappa shape index (κ2) is 4.74. The van der Waals surface area contributed by atoms with Crippen LogP contribution in [0, 0.1) is 0 Å². The molecule has 1 fully saturated rings. The minimum atomic E-state index is -0.487. The SMILES string of the molecule is CC(=O)O[C@H]1C=C[C@@]23c4cc5c(cc4CN(CC2O)C3C1)OCO5. The third-order valence-electron chi connectivity index (χ3n) is 5.75. The molecule has 2 bridgehead atoms. The van der Waals surface area contributed by atoms with E-state index in [2.05, 4.69) is 4.90 Å². The van der Waals surface area contributed by atoms with Crippen molar-refractivity contribution in [1.82, 2.24) is 4.90 Å². The van der Waals surface area contributed by atoms with Crippen LogP contribution < -0.4 is 9.47 Å². The highest BCUT2D eigenvalue weighted by Gasteiger charge is 2.58. The zero-order valence-corrected chi connectivity index (χ0v) is 13.4. The normalized spacial score (nSPS) is 37.8. The lowest BCUT2D eigenvalue weighted by Crippen LogP contribution is -2.52. The number of hydrogen-bond donors (Lipinski definition) is 1. The van der Waals surface area contributed by atoms with Crippen LogP contribution in [-0.4, -0.2) is 47.6 Å². The molecular formula is C18H19NO5. The number of aliphatic hydroxyl groups is 1. The third-order valence-corrected chi connectivity index (χ3v) is 5.75. The number of ether oxygens (including phenoxy) is 3. The van der Waals surface area contributed by atoms with Crippen molar-refractivity contribution >= 4 is 5.97 Å². The van der Waals surface area contributed by atoms with Crippen LogP contribution >= 0.6 is 0 Å². The molecule has 0 saturated carbocycles. The first-order chi connectivity index (χ1) is 11.6. The van der Waals surface area contributed by atoms with Gasteiger partial charge in [0.05, 0.1) is 11.5 Å². The van der Waals surface area contributed by atoms with Gasteiger partial charge in [-0.15, -0.1) is 0 Å². The maximum Gasteiger partial charge on any atom is 0.303 e. The van der Waals surface area contributed by atoms with Gasteiger partial charge in [0.2, 0.25) is 6.79 Å². The van der Waals surface area contributed by atoms with Crippen molar-refractivity contribution in [2.75, 3.05) is 13.3 Å². The molecule has 6 heteroatoms. The molecule has 0 amide bonds. The average Bonchev–Trinajstić information content (AvgIpc) is 3.06. The Morgan fingerprint density at radius 3 is 2.96 bits per heavy atom. The van der Waals surface area contributed by atoms with E-state index in [0.29, 0.717) is 13.0 Å². The molecule has 24 heavy (non-hydrogen) atoms. The van der Waals surface area contributed by atoms with E-state index >= 15 is 0 Å². The van der Waals surface area contributed by atoms with Gasteiger partial charge in [0.1, 0.15) is 6.10 Å². The van der Waals surface area contributed by atoms with E-state index in [0.717, 1.165) is 23.6 Å². The van der Waals surface area contributed by atoms with E-state index in [1.54, 1.807) is 0 Å². The molecule has 5 atom stereocenters. The fourth-order valence-electron chi connectivity index (χ4n) is 4.82. The molecule has 3 unspecified atom stereocenters. The van der Waals surface area contributed by atoms with Gasteiger partial charge in [-0.25, -0.2) is 0 Å². The number of hydrogen-bond acceptors (Lipinski definition) is 6. The van der Waals surface area contributed by atoms with Crippen LogP contribution in [0.4, 0.5) is 0 Å². The maximum atomic E-state index is 11.3. The lowest BCUT2D eigenvalue weighted by molar-refractivity contribution is -0.145.